The molecule has 3 heterocycles. The van der Waals surface area contributed by atoms with Crippen molar-refractivity contribution in [3.8, 4) is 0 Å². The van der Waals surface area contributed by atoms with Gasteiger partial charge in [-0.15, -0.1) is 0 Å². The predicted molar refractivity (Wildman–Crippen MR) is 93.0 cm³/mol. The number of nitrogens with one attached hydrogen (secondary N) is 1. The topological polar surface area (TPSA) is 77.9 Å². The van der Waals surface area contributed by atoms with Crippen LogP contribution in [0.25, 0.3) is 11.2 Å². The maximum Gasteiger partial charge on any atom is 0.182 e. The molecule has 1 aliphatic heterocycles. The lowest BCUT2D eigenvalue weighted by Gasteiger charge is -2.35. The van der Waals surface area contributed by atoms with Crippen LogP contribution in [0.15, 0.2) is 36.9 Å². The molecule has 7 heteroatoms. The molecule has 4 rings (SSSR count). The van der Waals surface area contributed by atoms with Crippen molar-refractivity contribution in [3.05, 3.63) is 47.5 Å². The van der Waals surface area contributed by atoms with Crippen LogP contribution in [0, 0.1) is 5.92 Å². The number of fused-ring (bicyclic) bond motifs is 1. The standard InChI is InChI=1S/C17H18ClN5O/c18-13-3-1-11(2-4-13)15(24)12-5-7-23(8-6-12)17-14-16(20-9-19-14)21-10-22-17/h1-4,9-10,12,15,24H,5-8H2,(H,19,20,21,22)/t15-/m0/s1. The predicted octanol–water partition coefficient (Wildman–Crippen LogP) is 2.96. The van der Waals surface area contributed by atoms with Crippen LogP contribution in [-0.4, -0.2) is 38.1 Å². The number of aliphatic hydroxyl groups is 1. The fourth-order valence-corrected chi connectivity index (χ4v) is 3.48. The van der Waals surface area contributed by atoms with Crippen molar-refractivity contribution >= 4 is 28.6 Å². The molecule has 124 valence electrons. The van der Waals surface area contributed by atoms with Crippen molar-refractivity contribution in [2.75, 3.05) is 18.0 Å². The van der Waals surface area contributed by atoms with Gasteiger partial charge >= 0.3 is 0 Å². The number of imidazole rings is 1. The van der Waals surface area contributed by atoms with Crippen LogP contribution in [0.5, 0.6) is 0 Å². The first-order valence-electron chi connectivity index (χ1n) is 8.05. The Bertz CT molecular complexity index is 826. The van der Waals surface area contributed by atoms with Crippen LogP contribution < -0.4 is 4.90 Å². The van der Waals surface area contributed by atoms with E-state index in [1.54, 1.807) is 12.7 Å². The van der Waals surface area contributed by atoms with Gasteiger partial charge in [0, 0.05) is 18.1 Å². The maximum absolute atomic E-state index is 10.6. The fraction of sp³-hybridized carbons (Fsp3) is 0.353. The van der Waals surface area contributed by atoms with Gasteiger partial charge in [0.05, 0.1) is 12.4 Å². The van der Waals surface area contributed by atoms with Crippen LogP contribution in [-0.2, 0) is 0 Å². The van der Waals surface area contributed by atoms with Gasteiger partial charge in [0.1, 0.15) is 11.8 Å². The Morgan fingerprint density at radius 1 is 1.12 bits per heavy atom. The van der Waals surface area contributed by atoms with Crippen molar-refractivity contribution in [2.24, 2.45) is 5.92 Å². The van der Waals surface area contributed by atoms with Gasteiger partial charge in [-0.25, -0.2) is 15.0 Å². The number of aromatic amines is 1. The number of piperidine rings is 1. The second kappa shape index (κ2) is 6.37. The average molecular weight is 344 g/mol. The van der Waals surface area contributed by atoms with E-state index in [1.165, 1.54) is 0 Å². The summed E-state index contributed by atoms with van der Waals surface area (Å²) in [6, 6.07) is 7.45. The van der Waals surface area contributed by atoms with E-state index in [1.807, 2.05) is 24.3 Å². The van der Waals surface area contributed by atoms with Gasteiger partial charge in [-0.05, 0) is 36.5 Å². The number of aliphatic hydroxyl groups excluding tert-OH is 1. The number of hydrogen-bond donors (Lipinski definition) is 2. The Labute approximate surface area is 144 Å². The van der Waals surface area contributed by atoms with E-state index in [2.05, 4.69) is 24.8 Å². The molecule has 2 N–H and O–H groups in total. The first-order valence-corrected chi connectivity index (χ1v) is 8.43. The molecule has 0 aliphatic carbocycles. The quantitative estimate of drug-likeness (QED) is 0.764. The minimum Gasteiger partial charge on any atom is -0.388 e. The summed E-state index contributed by atoms with van der Waals surface area (Å²) in [5.74, 6) is 1.12. The molecule has 1 aromatic carbocycles. The average Bonchev–Trinajstić information content (AvgIpc) is 3.11. The molecular weight excluding hydrogens is 326 g/mol. The van der Waals surface area contributed by atoms with Crippen molar-refractivity contribution in [1.29, 1.82) is 0 Å². The first-order chi connectivity index (χ1) is 11.7. The lowest BCUT2D eigenvalue weighted by Crippen LogP contribution is -2.36. The number of rotatable bonds is 3. The van der Waals surface area contributed by atoms with Crippen LogP contribution >= 0.6 is 11.6 Å². The Kier molecular flexibility index (Phi) is 4.08. The molecule has 1 saturated heterocycles. The second-order valence-corrected chi connectivity index (χ2v) is 6.56. The molecule has 1 fully saturated rings. The molecule has 3 aromatic rings. The molecular formula is C17H18ClN5O. The minimum absolute atomic E-state index is 0.238. The molecule has 6 nitrogen and oxygen atoms in total. The molecule has 0 bridgehead atoms. The van der Waals surface area contributed by atoms with Gasteiger partial charge in [-0.3, -0.25) is 0 Å². The van der Waals surface area contributed by atoms with Gasteiger partial charge in [-0.1, -0.05) is 23.7 Å². The molecule has 0 spiro atoms. The highest BCUT2D eigenvalue weighted by atomic mass is 35.5. The summed E-state index contributed by atoms with van der Waals surface area (Å²) in [6.45, 7) is 1.70. The Morgan fingerprint density at radius 2 is 1.88 bits per heavy atom. The van der Waals surface area contributed by atoms with Crippen molar-refractivity contribution < 1.29 is 5.11 Å². The van der Waals surface area contributed by atoms with E-state index >= 15 is 0 Å². The zero-order chi connectivity index (χ0) is 16.5. The summed E-state index contributed by atoms with van der Waals surface area (Å²) < 4.78 is 0. The summed E-state index contributed by atoms with van der Waals surface area (Å²) in [5.41, 5.74) is 2.48. The number of benzene rings is 1. The molecule has 0 unspecified atom stereocenters. The van der Waals surface area contributed by atoms with Crippen LogP contribution in [0.1, 0.15) is 24.5 Å². The summed E-state index contributed by atoms with van der Waals surface area (Å²) in [7, 11) is 0. The van der Waals surface area contributed by atoms with Gasteiger partial charge < -0.3 is 15.0 Å². The van der Waals surface area contributed by atoms with Crippen LogP contribution in [0.3, 0.4) is 0 Å². The number of anilines is 1. The number of halogens is 1. The maximum atomic E-state index is 10.6. The van der Waals surface area contributed by atoms with E-state index < -0.39 is 6.10 Å². The lowest BCUT2D eigenvalue weighted by atomic mass is 9.87. The van der Waals surface area contributed by atoms with Crippen molar-refractivity contribution in [2.45, 2.75) is 18.9 Å². The third-order valence-corrected chi connectivity index (χ3v) is 4.95. The third kappa shape index (κ3) is 2.83. The first kappa shape index (κ1) is 15.4. The van der Waals surface area contributed by atoms with E-state index in [0.29, 0.717) is 10.7 Å². The highest BCUT2D eigenvalue weighted by Gasteiger charge is 2.27. The highest BCUT2D eigenvalue weighted by molar-refractivity contribution is 6.30. The summed E-state index contributed by atoms with van der Waals surface area (Å²) in [6.07, 6.45) is 4.54. The molecule has 0 radical (unpaired) electrons. The second-order valence-electron chi connectivity index (χ2n) is 6.12. The van der Waals surface area contributed by atoms with Crippen molar-refractivity contribution in [1.82, 2.24) is 19.9 Å². The SMILES string of the molecule is O[C@@H](c1ccc(Cl)cc1)C1CCN(c2ncnc3nc[nH]c23)CC1. The molecule has 1 aliphatic rings. The number of H-pyrrole nitrogens is 1. The zero-order valence-corrected chi connectivity index (χ0v) is 13.8. The van der Waals surface area contributed by atoms with Crippen molar-refractivity contribution in [3.63, 3.8) is 0 Å². The van der Waals surface area contributed by atoms with Gasteiger partial charge in [0.2, 0.25) is 0 Å². The van der Waals surface area contributed by atoms with E-state index in [4.69, 9.17) is 11.6 Å². The number of aromatic nitrogens is 4. The number of hydrogen-bond acceptors (Lipinski definition) is 5. The lowest BCUT2D eigenvalue weighted by molar-refractivity contribution is 0.0929. The normalized spacial score (nSPS) is 17.3. The minimum atomic E-state index is -0.456. The van der Waals surface area contributed by atoms with Crippen LogP contribution in [0.4, 0.5) is 5.82 Å². The van der Waals surface area contributed by atoms with E-state index in [0.717, 1.165) is 42.8 Å². The third-order valence-electron chi connectivity index (χ3n) is 4.70. The summed E-state index contributed by atoms with van der Waals surface area (Å²) in [4.78, 5) is 18.1. The monoisotopic (exact) mass is 343 g/mol. The zero-order valence-electron chi connectivity index (χ0n) is 13.1. The fourth-order valence-electron chi connectivity index (χ4n) is 3.35. The molecule has 2 aromatic heterocycles. The molecule has 1 atom stereocenters. The highest BCUT2D eigenvalue weighted by Crippen LogP contribution is 2.33. The Morgan fingerprint density at radius 3 is 2.62 bits per heavy atom. The molecule has 0 amide bonds. The van der Waals surface area contributed by atoms with E-state index in [-0.39, 0.29) is 5.92 Å². The Hall–Kier alpha value is -2.18. The van der Waals surface area contributed by atoms with Gasteiger partial charge in [-0.2, -0.15) is 0 Å². The van der Waals surface area contributed by atoms with Gasteiger partial charge in [0.25, 0.3) is 0 Å². The summed E-state index contributed by atoms with van der Waals surface area (Å²) in [5, 5.41) is 11.3. The van der Waals surface area contributed by atoms with Gasteiger partial charge in [0.15, 0.2) is 11.5 Å². The smallest absolute Gasteiger partial charge is 0.182 e. The molecule has 0 saturated carbocycles. The summed E-state index contributed by atoms with van der Waals surface area (Å²) >= 11 is 5.92. The number of nitrogens with zero attached hydrogens (tertiary/aromatic N) is 4. The largest absolute Gasteiger partial charge is 0.388 e. The van der Waals surface area contributed by atoms with Crippen LogP contribution in [0.2, 0.25) is 5.02 Å². The Balaban J connectivity index is 1.47. The van der Waals surface area contributed by atoms with E-state index in [9.17, 15) is 5.11 Å². The molecule has 24 heavy (non-hydrogen) atoms.